The molecule has 0 aliphatic rings. The van der Waals surface area contributed by atoms with Crippen molar-refractivity contribution < 1.29 is 14.0 Å². The van der Waals surface area contributed by atoms with Crippen LogP contribution in [-0.4, -0.2) is 11.8 Å². The van der Waals surface area contributed by atoms with Crippen LogP contribution in [0.2, 0.25) is 0 Å². The number of hydrogen-bond acceptors (Lipinski definition) is 2. The molecule has 0 aliphatic carbocycles. The number of halogens is 1. The van der Waals surface area contributed by atoms with Gasteiger partial charge in [0.05, 0.1) is 11.7 Å². The first-order valence-electron chi connectivity index (χ1n) is 7.74. The number of carbonyl (C=O) groups excluding carboxylic acids is 2. The van der Waals surface area contributed by atoms with Crippen molar-refractivity contribution in [2.75, 3.05) is 5.32 Å². The molecule has 0 radical (unpaired) electrons. The summed E-state index contributed by atoms with van der Waals surface area (Å²) in [4.78, 5) is 24.9. The molecule has 2 amide bonds. The molecule has 2 aromatic rings. The Morgan fingerprint density at radius 2 is 1.54 bits per heavy atom. The lowest BCUT2D eigenvalue weighted by Crippen LogP contribution is -2.45. The lowest BCUT2D eigenvalue weighted by atomic mass is 9.90. The summed E-state index contributed by atoms with van der Waals surface area (Å²) in [5.74, 6) is -1.53. The average molecular weight is 328 g/mol. The van der Waals surface area contributed by atoms with Crippen LogP contribution in [0.1, 0.15) is 32.4 Å². The molecule has 0 saturated carbocycles. The third-order valence-corrected chi connectivity index (χ3v) is 3.90. The van der Waals surface area contributed by atoms with E-state index in [1.807, 2.05) is 37.3 Å². The molecule has 24 heavy (non-hydrogen) atoms. The minimum Gasteiger partial charge on any atom is -0.349 e. The summed E-state index contributed by atoms with van der Waals surface area (Å²) in [6.07, 6.45) is 0. The van der Waals surface area contributed by atoms with Gasteiger partial charge in [0.25, 0.3) is 0 Å². The van der Waals surface area contributed by atoms with E-state index in [9.17, 15) is 14.0 Å². The van der Waals surface area contributed by atoms with E-state index in [0.29, 0.717) is 0 Å². The number of benzene rings is 2. The predicted molar refractivity (Wildman–Crippen MR) is 91.8 cm³/mol. The van der Waals surface area contributed by atoms with E-state index in [1.165, 1.54) is 32.0 Å². The Kier molecular flexibility index (Phi) is 5.34. The summed E-state index contributed by atoms with van der Waals surface area (Å²) in [5, 5.41) is 5.29. The molecule has 2 aromatic carbocycles. The Bertz CT molecular complexity index is 729. The van der Waals surface area contributed by atoms with Crippen LogP contribution in [-0.2, 0) is 9.59 Å². The van der Waals surface area contributed by atoms with E-state index in [0.717, 1.165) is 5.56 Å². The van der Waals surface area contributed by atoms with Crippen LogP contribution < -0.4 is 10.6 Å². The van der Waals surface area contributed by atoms with Crippen molar-refractivity contribution in [2.24, 2.45) is 5.41 Å². The van der Waals surface area contributed by atoms with E-state index in [4.69, 9.17) is 0 Å². The quantitative estimate of drug-likeness (QED) is 0.823. The Morgan fingerprint density at radius 1 is 0.958 bits per heavy atom. The first-order chi connectivity index (χ1) is 11.3. The maximum absolute atomic E-state index is 13.7. The van der Waals surface area contributed by atoms with E-state index in [-0.39, 0.29) is 11.7 Å². The van der Waals surface area contributed by atoms with Gasteiger partial charge in [-0.1, -0.05) is 42.5 Å². The van der Waals surface area contributed by atoms with E-state index >= 15 is 0 Å². The minimum absolute atomic E-state index is 0.0551. The van der Waals surface area contributed by atoms with Gasteiger partial charge in [0.2, 0.25) is 11.8 Å². The molecule has 1 atom stereocenters. The van der Waals surface area contributed by atoms with Gasteiger partial charge >= 0.3 is 0 Å². The molecule has 0 heterocycles. The second-order valence-electron chi connectivity index (χ2n) is 6.16. The molecule has 0 saturated heterocycles. The van der Waals surface area contributed by atoms with Crippen molar-refractivity contribution in [3.8, 4) is 0 Å². The number of anilines is 1. The predicted octanol–water partition coefficient (Wildman–Crippen LogP) is 3.67. The molecule has 2 rings (SSSR count). The SMILES string of the molecule is CC(NC(=O)C(C)(C)C(=O)Nc1ccccc1F)c1ccccc1. The molecule has 0 fully saturated rings. The van der Waals surface area contributed by atoms with Gasteiger partial charge in [-0.25, -0.2) is 4.39 Å². The molecule has 1 unspecified atom stereocenters. The minimum atomic E-state index is -1.34. The standard InChI is InChI=1S/C19H21FN2O2/c1-13(14-9-5-4-6-10-14)21-17(23)19(2,3)18(24)22-16-12-8-7-11-15(16)20/h4-13H,1-3H3,(H,21,23)(H,22,24). The van der Waals surface area contributed by atoms with Crippen LogP contribution in [0.25, 0.3) is 0 Å². The highest BCUT2D eigenvalue weighted by Gasteiger charge is 2.37. The number of rotatable bonds is 5. The Labute approximate surface area is 141 Å². The lowest BCUT2D eigenvalue weighted by molar-refractivity contribution is -0.138. The summed E-state index contributed by atoms with van der Waals surface area (Å²) in [6.45, 7) is 4.87. The van der Waals surface area contributed by atoms with Gasteiger partial charge in [-0.2, -0.15) is 0 Å². The normalized spacial score (nSPS) is 12.3. The monoisotopic (exact) mass is 328 g/mol. The number of carbonyl (C=O) groups is 2. The molecule has 4 nitrogen and oxygen atoms in total. The zero-order chi connectivity index (χ0) is 17.7. The molecule has 126 valence electrons. The number of para-hydroxylation sites is 1. The Morgan fingerprint density at radius 3 is 2.17 bits per heavy atom. The van der Waals surface area contributed by atoms with Gasteiger partial charge in [-0.3, -0.25) is 9.59 Å². The summed E-state index contributed by atoms with van der Waals surface area (Å²) >= 11 is 0. The van der Waals surface area contributed by atoms with Gasteiger partial charge in [0.1, 0.15) is 11.2 Å². The zero-order valence-corrected chi connectivity index (χ0v) is 14.0. The topological polar surface area (TPSA) is 58.2 Å². The van der Waals surface area contributed by atoms with Crippen molar-refractivity contribution in [3.05, 3.63) is 66.0 Å². The summed E-state index contributed by atoms with van der Waals surface area (Å²) < 4.78 is 13.7. The van der Waals surface area contributed by atoms with Gasteiger partial charge in [0.15, 0.2) is 0 Å². The van der Waals surface area contributed by atoms with Crippen LogP contribution in [0.15, 0.2) is 54.6 Å². The van der Waals surface area contributed by atoms with Gasteiger partial charge in [0, 0.05) is 0 Å². The second-order valence-corrected chi connectivity index (χ2v) is 6.16. The molecule has 0 aromatic heterocycles. The van der Waals surface area contributed by atoms with Crippen molar-refractivity contribution in [3.63, 3.8) is 0 Å². The maximum atomic E-state index is 13.7. The fraction of sp³-hybridized carbons (Fsp3) is 0.263. The highest BCUT2D eigenvalue weighted by atomic mass is 19.1. The highest BCUT2D eigenvalue weighted by molar-refractivity contribution is 6.09. The molecule has 5 heteroatoms. The van der Waals surface area contributed by atoms with Crippen molar-refractivity contribution in [1.82, 2.24) is 5.32 Å². The van der Waals surface area contributed by atoms with E-state index in [1.54, 1.807) is 6.07 Å². The fourth-order valence-corrected chi connectivity index (χ4v) is 2.15. The molecule has 0 bridgehead atoms. The second kappa shape index (κ2) is 7.25. The Hall–Kier alpha value is -2.69. The van der Waals surface area contributed by atoms with Gasteiger partial charge in [-0.05, 0) is 38.5 Å². The van der Waals surface area contributed by atoms with E-state index < -0.39 is 23.0 Å². The van der Waals surface area contributed by atoms with Crippen LogP contribution in [0.3, 0.4) is 0 Å². The molecular weight excluding hydrogens is 307 g/mol. The van der Waals surface area contributed by atoms with Crippen LogP contribution in [0.4, 0.5) is 10.1 Å². The molecule has 2 N–H and O–H groups in total. The van der Waals surface area contributed by atoms with Crippen LogP contribution in [0.5, 0.6) is 0 Å². The third kappa shape index (κ3) is 3.98. The molecular formula is C19H21FN2O2. The molecule has 0 aliphatic heterocycles. The first-order valence-corrected chi connectivity index (χ1v) is 7.74. The zero-order valence-electron chi connectivity index (χ0n) is 14.0. The summed E-state index contributed by atoms with van der Waals surface area (Å²) in [6, 6.07) is 15.1. The van der Waals surface area contributed by atoms with Crippen molar-refractivity contribution >= 4 is 17.5 Å². The third-order valence-electron chi connectivity index (χ3n) is 3.90. The van der Waals surface area contributed by atoms with Crippen molar-refractivity contribution in [2.45, 2.75) is 26.8 Å². The highest BCUT2D eigenvalue weighted by Crippen LogP contribution is 2.22. The Balaban J connectivity index is 2.07. The number of nitrogens with one attached hydrogen (secondary N) is 2. The number of hydrogen-bond donors (Lipinski definition) is 2. The maximum Gasteiger partial charge on any atom is 0.239 e. The largest absolute Gasteiger partial charge is 0.349 e. The molecule has 0 spiro atoms. The van der Waals surface area contributed by atoms with Crippen molar-refractivity contribution in [1.29, 1.82) is 0 Å². The first kappa shape index (κ1) is 17.7. The summed E-state index contributed by atoms with van der Waals surface area (Å²) in [7, 11) is 0. The fourth-order valence-electron chi connectivity index (χ4n) is 2.15. The van der Waals surface area contributed by atoms with Gasteiger partial charge < -0.3 is 10.6 Å². The summed E-state index contributed by atoms with van der Waals surface area (Å²) in [5.41, 5.74) is -0.346. The smallest absolute Gasteiger partial charge is 0.239 e. The van der Waals surface area contributed by atoms with E-state index in [2.05, 4.69) is 10.6 Å². The number of amides is 2. The van der Waals surface area contributed by atoms with Crippen LogP contribution >= 0.6 is 0 Å². The van der Waals surface area contributed by atoms with Crippen LogP contribution in [0, 0.1) is 11.2 Å². The lowest BCUT2D eigenvalue weighted by Gasteiger charge is -2.25. The average Bonchev–Trinajstić information content (AvgIpc) is 2.57. The van der Waals surface area contributed by atoms with Gasteiger partial charge in [-0.15, -0.1) is 0 Å².